The summed E-state index contributed by atoms with van der Waals surface area (Å²) in [4.78, 5) is 31.8. The number of carbonyl (C=O) groups is 1. The van der Waals surface area contributed by atoms with Gasteiger partial charge in [-0.05, 0) is 45.5 Å². The zero-order valence-corrected chi connectivity index (χ0v) is 21.6. The molecule has 1 fully saturated rings. The summed E-state index contributed by atoms with van der Waals surface area (Å²) in [7, 11) is 3.82. The second-order valence-corrected chi connectivity index (χ2v) is 9.56. The molecule has 11 heteroatoms. The molecule has 1 aliphatic rings. The summed E-state index contributed by atoms with van der Waals surface area (Å²) < 4.78 is 15.2. The van der Waals surface area contributed by atoms with Crippen LogP contribution in [0.1, 0.15) is 44.9 Å². The maximum Gasteiger partial charge on any atom is 0.336 e. The Labute approximate surface area is 213 Å². The number of hydrogen-bond acceptors (Lipinski definition) is 9. The van der Waals surface area contributed by atoms with Crippen molar-refractivity contribution in [2.75, 3.05) is 57.5 Å². The summed E-state index contributed by atoms with van der Waals surface area (Å²) in [5.74, 6) is 1.35. The van der Waals surface area contributed by atoms with Crippen LogP contribution in [0, 0.1) is 6.92 Å². The summed E-state index contributed by atoms with van der Waals surface area (Å²) in [6, 6.07) is 2.28. The van der Waals surface area contributed by atoms with Gasteiger partial charge in [0.05, 0.1) is 24.5 Å². The molecule has 0 bridgehead atoms. The minimum absolute atomic E-state index is 0.130. The minimum atomic E-state index is -0.277. The van der Waals surface area contributed by atoms with Crippen LogP contribution in [-0.2, 0) is 11.2 Å². The summed E-state index contributed by atoms with van der Waals surface area (Å²) >= 11 is 0. The van der Waals surface area contributed by atoms with Crippen molar-refractivity contribution in [3.63, 3.8) is 0 Å². The van der Waals surface area contributed by atoms with Crippen LogP contribution in [0.5, 0.6) is 6.01 Å². The molecule has 1 aliphatic heterocycles. The average molecular weight is 497 g/mol. The lowest BCUT2D eigenvalue weighted by molar-refractivity contribution is -0.132. The molecule has 0 aromatic carbocycles. The average Bonchev–Trinajstić information content (AvgIpc) is 3.26. The molecule has 4 heterocycles. The first-order valence-electron chi connectivity index (χ1n) is 13.1. The maximum atomic E-state index is 12.4. The molecule has 1 amide bonds. The Morgan fingerprint density at radius 2 is 2.03 bits per heavy atom. The van der Waals surface area contributed by atoms with E-state index in [0.29, 0.717) is 31.7 Å². The highest BCUT2D eigenvalue weighted by Crippen LogP contribution is 2.22. The smallest absolute Gasteiger partial charge is 0.336 e. The Kier molecular flexibility index (Phi) is 7.45. The normalized spacial score (nSPS) is 15.4. The number of imidazole rings is 1. The SMILES string of the molecule is [2H]C[C@@H](CCC)Oc1nc(N)c2ncc(Cc3cnc(N4CCN(C(=O)CN(C)C)CC4)c(C)c3)n2n1. The number of hydrogen-bond donors (Lipinski definition) is 1. The Hall–Kier alpha value is -3.47. The first kappa shape index (κ1) is 24.2. The van der Waals surface area contributed by atoms with Crippen molar-refractivity contribution in [3.05, 3.63) is 35.3 Å². The van der Waals surface area contributed by atoms with E-state index < -0.39 is 0 Å². The first-order chi connectivity index (χ1) is 17.8. The number of piperazine rings is 1. The summed E-state index contributed by atoms with van der Waals surface area (Å²) in [5.41, 5.74) is 9.55. The molecular formula is C25H37N9O2. The number of nitrogens with two attached hydrogens (primary N) is 1. The van der Waals surface area contributed by atoms with Crippen LogP contribution >= 0.6 is 0 Å². The van der Waals surface area contributed by atoms with E-state index >= 15 is 0 Å². The van der Waals surface area contributed by atoms with E-state index in [0.717, 1.165) is 48.6 Å². The van der Waals surface area contributed by atoms with Crippen LogP contribution in [0.2, 0.25) is 0 Å². The zero-order valence-electron chi connectivity index (χ0n) is 22.6. The molecule has 1 atom stereocenters. The number of likely N-dealkylation sites (N-methyl/N-ethyl adjacent to an activating group) is 1. The molecule has 194 valence electrons. The molecule has 0 spiro atoms. The van der Waals surface area contributed by atoms with E-state index in [1.807, 2.05) is 37.0 Å². The number of anilines is 2. The van der Waals surface area contributed by atoms with Crippen molar-refractivity contribution >= 4 is 23.2 Å². The number of amides is 1. The van der Waals surface area contributed by atoms with E-state index in [9.17, 15) is 4.79 Å². The van der Waals surface area contributed by atoms with Gasteiger partial charge >= 0.3 is 6.01 Å². The highest BCUT2D eigenvalue weighted by atomic mass is 16.5. The van der Waals surface area contributed by atoms with Crippen molar-refractivity contribution in [1.82, 2.24) is 34.4 Å². The molecule has 4 rings (SSSR count). The third kappa shape index (κ3) is 5.84. The molecule has 36 heavy (non-hydrogen) atoms. The fraction of sp³-hybridized carbons (Fsp3) is 0.560. The molecule has 0 saturated carbocycles. The molecule has 3 aromatic heterocycles. The van der Waals surface area contributed by atoms with Gasteiger partial charge in [-0.2, -0.15) is 4.98 Å². The maximum absolute atomic E-state index is 12.4. The van der Waals surface area contributed by atoms with Crippen molar-refractivity contribution in [2.24, 2.45) is 0 Å². The third-order valence-electron chi connectivity index (χ3n) is 6.20. The number of pyridine rings is 1. The lowest BCUT2D eigenvalue weighted by atomic mass is 10.1. The Morgan fingerprint density at radius 3 is 2.69 bits per heavy atom. The number of ether oxygens (including phenoxy) is 1. The number of carbonyl (C=O) groups excluding carboxylic acids is 1. The third-order valence-corrected chi connectivity index (χ3v) is 6.20. The van der Waals surface area contributed by atoms with Gasteiger partial charge in [0.15, 0.2) is 11.5 Å². The molecule has 1 saturated heterocycles. The summed E-state index contributed by atoms with van der Waals surface area (Å²) in [5, 5.41) is 4.51. The fourth-order valence-corrected chi connectivity index (χ4v) is 4.43. The number of fused-ring (bicyclic) bond motifs is 1. The molecule has 0 radical (unpaired) electrons. The number of nitrogen functional groups attached to an aromatic ring is 1. The van der Waals surface area contributed by atoms with Crippen LogP contribution in [0.4, 0.5) is 11.6 Å². The summed E-state index contributed by atoms with van der Waals surface area (Å²) in [6.07, 6.45) is 5.57. The van der Waals surface area contributed by atoms with Crippen molar-refractivity contribution < 1.29 is 10.9 Å². The molecule has 0 unspecified atom stereocenters. The highest BCUT2D eigenvalue weighted by Gasteiger charge is 2.23. The monoisotopic (exact) mass is 496 g/mol. The number of aromatic nitrogens is 5. The molecule has 2 N–H and O–H groups in total. The van der Waals surface area contributed by atoms with E-state index in [-0.39, 0.29) is 30.7 Å². The summed E-state index contributed by atoms with van der Waals surface area (Å²) in [6.45, 7) is 7.59. The van der Waals surface area contributed by atoms with Gasteiger partial charge in [0.1, 0.15) is 5.82 Å². The van der Waals surface area contributed by atoms with Gasteiger partial charge in [0, 0.05) is 40.2 Å². The number of aryl methyl sites for hydroxylation is 1. The van der Waals surface area contributed by atoms with Crippen LogP contribution in [-0.4, -0.2) is 93.2 Å². The predicted molar refractivity (Wildman–Crippen MR) is 139 cm³/mol. The number of nitrogens with zero attached hydrogens (tertiary/aromatic N) is 8. The van der Waals surface area contributed by atoms with E-state index in [4.69, 9.17) is 16.8 Å². The van der Waals surface area contributed by atoms with E-state index in [1.165, 1.54) is 0 Å². The van der Waals surface area contributed by atoms with Gasteiger partial charge in [-0.25, -0.2) is 14.5 Å². The van der Waals surface area contributed by atoms with Gasteiger partial charge in [-0.15, -0.1) is 5.10 Å². The largest absolute Gasteiger partial charge is 0.459 e. The Bertz CT molecular complexity index is 1220. The zero-order chi connectivity index (χ0) is 26.5. The van der Waals surface area contributed by atoms with Crippen LogP contribution in [0.3, 0.4) is 0 Å². The number of rotatable bonds is 9. The van der Waals surface area contributed by atoms with Gasteiger partial charge in [0.25, 0.3) is 0 Å². The second kappa shape index (κ2) is 11.1. The molecular weight excluding hydrogens is 458 g/mol. The van der Waals surface area contributed by atoms with Gasteiger partial charge in [-0.3, -0.25) is 4.79 Å². The lowest BCUT2D eigenvalue weighted by Crippen LogP contribution is -2.51. The van der Waals surface area contributed by atoms with Crippen molar-refractivity contribution in [3.8, 4) is 6.01 Å². The molecule has 11 nitrogen and oxygen atoms in total. The van der Waals surface area contributed by atoms with Gasteiger partial charge in [0.2, 0.25) is 5.91 Å². The topological polar surface area (TPSA) is 118 Å². The molecule has 0 aliphatic carbocycles. The van der Waals surface area contributed by atoms with Crippen molar-refractivity contribution in [1.29, 1.82) is 0 Å². The fourth-order valence-electron chi connectivity index (χ4n) is 4.43. The van der Waals surface area contributed by atoms with Crippen LogP contribution in [0.25, 0.3) is 5.65 Å². The predicted octanol–water partition coefficient (Wildman–Crippen LogP) is 1.78. The van der Waals surface area contributed by atoms with E-state index in [1.54, 1.807) is 10.7 Å². The Balaban J connectivity index is 1.46. The minimum Gasteiger partial charge on any atom is -0.459 e. The Morgan fingerprint density at radius 1 is 1.25 bits per heavy atom. The van der Waals surface area contributed by atoms with Crippen molar-refractivity contribution in [2.45, 2.75) is 46.1 Å². The quantitative estimate of drug-likeness (QED) is 0.473. The van der Waals surface area contributed by atoms with Gasteiger partial charge < -0.3 is 25.2 Å². The van der Waals surface area contributed by atoms with Gasteiger partial charge in [-0.1, -0.05) is 19.4 Å². The van der Waals surface area contributed by atoms with Crippen LogP contribution < -0.4 is 15.4 Å². The second-order valence-electron chi connectivity index (χ2n) is 9.56. The highest BCUT2D eigenvalue weighted by molar-refractivity contribution is 5.78. The van der Waals surface area contributed by atoms with E-state index in [2.05, 4.69) is 33.0 Å². The van der Waals surface area contributed by atoms with Crippen LogP contribution in [0.15, 0.2) is 18.5 Å². The molecule has 3 aromatic rings. The lowest BCUT2D eigenvalue weighted by Gasteiger charge is -2.36. The standard InChI is InChI=1S/C25H37N9O2/c1-6-7-18(3)36-25-29-22(26)24-28-15-20(34(24)30-25)13-19-12-17(2)23(27-14-19)33-10-8-32(9-11-33)21(35)16-31(4)5/h12,14-15,18H,6-11,13,16H2,1-5H3,(H2,26,29,30)/t18-/m0/s1/i3D. The first-order valence-corrected chi connectivity index (χ1v) is 12.4.